The third kappa shape index (κ3) is 6.09. The summed E-state index contributed by atoms with van der Waals surface area (Å²) < 4.78 is 37.2. The predicted octanol–water partition coefficient (Wildman–Crippen LogP) is 3.37. The fourth-order valence-electron chi connectivity index (χ4n) is 3.14. The summed E-state index contributed by atoms with van der Waals surface area (Å²) in [6.07, 6.45) is -2.88. The van der Waals surface area contributed by atoms with Gasteiger partial charge in [0.1, 0.15) is 5.75 Å². The number of phenols is 1. The van der Waals surface area contributed by atoms with Crippen LogP contribution in [0.3, 0.4) is 0 Å². The van der Waals surface area contributed by atoms with E-state index in [2.05, 4.69) is 5.32 Å². The Morgan fingerprint density at radius 3 is 2.62 bits per heavy atom. The smallest absolute Gasteiger partial charge is 0.401 e. The van der Waals surface area contributed by atoms with E-state index in [9.17, 15) is 23.1 Å². The zero-order valence-electron chi connectivity index (χ0n) is 15.1. The standard InChI is InChI=1S/C18H26F3N3O2/c1-13(15-4-3-5-16(25)10-15)23(2)17(26)22-11-14-6-8-24(9-7-14)12-18(19,20)21/h3-5,10,13-14,25H,6-9,11-12H2,1-2H3,(H,22,26). The third-order valence-electron chi connectivity index (χ3n) is 4.91. The monoisotopic (exact) mass is 373 g/mol. The molecule has 1 unspecified atom stereocenters. The highest BCUT2D eigenvalue weighted by Gasteiger charge is 2.32. The Morgan fingerprint density at radius 2 is 2.04 bits per heavy atom. The van der Waals surface area contributed by atoms with Crippen LogP contribution in [0, 0.1) is 5.92 Å². The number of piperidine rings is 1. The number of hydrogen-bond donors (Lipinski definition) is 2. The molecule has 1 heterocycles. The Morgan fingerprint density at radius 1 is 1.38 bits per heavy atom. The molecular weight excluding hydrogens is 347 g/mol. The Labute approximate surface area is 151 Å². The van der Waals surface area contributed by atoms with Crippen LogP contribution < -0.4 is 5.32 Å². The van der Waals surface area contributed by atoms with E-state index in [0.717, 1.165) is 5.56 Å². The zero-order chi connectivity index (χ0) is 19.3. The highest BCUT2D eigenvalue weighted by atomic mass is 19.4. The van der Waals surface area contributed by atoms with Crippen molar-refractivity contribution in [1.29, 1.82) is 0 Å². The molecule has 1 aromatic carbocycles. The van der Waals surface area contributed by atoms with Crippen molar-refractivity contribution in [3.8, 4) is 5.75 Å². The number of phenolic OH excluding ortho intramolecular Hbond substituents is 1. The number of nitrogens with one attached hydrogen (secondary N) is 1. The van der Waals surface area contributed by atoms with Crippen LogP contribution in [0.15, 0.2) is 24.3 Å². The van der Waals surface area contributed by atoms with Gasteiger partial charge in [0.15, 0.2) is 0 Å². The maximum Gasteiger partial charge on any atom is 0.401 e. The molecule has 1 fully saturated rings. The number of hydrogen-bond acceptors (Lipinski definition) is 3. The molecule has 26 heavy (non-hydrogen) atoms. The molecule has 146 valence electrons. The Balaban J connectivity index is 1.76. The molecule has 1 aliphatic heterocycles. The van der Waals surface area contributed by atoms with E-state index in [1.165, 1.54) is 4.90 Å². The van der Waals surface area contributed by atoms with Gasteiger partial charge < -0.3 is 15.3 Å². The topological polar surface area (TPSA) is 55.8 Å². The Bertz CT molecular complexity index is 602. The summed E-state index contributed by atoms with van der Waals surface area (Å²) in [5.41, 5.74) is 0.822. The summed E-state index contributed by atoms with van der Waals surface area (Å²) >= 11 is 0. The SMILES string of the molecule is CC(c1cccc(O)c1)N(C)C(=O)NCC1CCN(CC(F)(F)F)CC1. The van der Waals surface area contributed by atoms with Crippen molar-refractivity contribution in [3.05, 3.63) is 29.8 Å². The van der Waals surface area contributed by atoms with Crippen LogP contribution in [0.1, 0.15) is 31.4 Å². The van der Waals surface area contributed by atoms with Crippen LogP contribution in [-0.2, 0) is 0 Å². The van der Waals surface area contributed by atoms with E-state index in [1.807, 2.05) is 13.0 Å². The third-order valence-corrected chi connectivity index (χ3v) is 4.91. The normalized spacial score (nSPS) is 17.7. The number of aromatic hydroxyl groups is 1. The number of urea groups is 1. The summed E-state index contributed by atoms with van der Waals surface area (Å²) in [4.78, 5) is 15.3. The summed E-state index contributed by atoms with van der Waals surface area (Å²) in [5.74, 6) is 0.335. The summed E-state index contributed by atoms with van der Waals surface area (Å²) in [6.45, 7) is 2.25. The second-order valence-electron chi connectivity index (χ2n) is 6.90. The second-order valence-corrected chi connectivity index (χ2v) is 6.90. The van der Waals surface area contributed by atoms with Crippen LogP contribution in [0.25, 0.3) is 0 Å². The second kappa shape index (κ2) is 8.62. The number of benzene rings is 1. The van der Waals surface area contributed by atoms with Crippen molar-refractivity contribution in [2.75, 3.05) is 33.2 Å². The molecular formula is C18H26F3N3O2. The molecule has 0 aliphatic carbocycles. The number of carbonyl (C=O) groups is 1. The molecule has 1 atom stereocenters. The first-order valence-corrected chi connectivity index (χ1v) is 8.74. The van der Waals surface area contributed by atoms with E-state index < -0.39 is 12.7 Å². The lowest BCUT2D eigenvalue weighted by atomic mass is 9.97. The van der Waals surface area contributed by atoms with Gasteiger partial charge in [-0.3, -0.25) is 4.90 Å². The molecule has 1 aromatic rings. The lowest BCUT2D eigenvalue weighted by molar-refractivity contribution is -0.148. The molecule has 0 radical (unpaired) electrons. The summed E-state index contributed by atoms with van der Waals surface area (Å²) in [5, 5.41) is 12.4. The quantitative estimate of drug-likeness (QED) is 0.832. The van der Waals surface area contributed by atoms with Gasteiger partial charge in [0, 0.05) is 13.6 Å². The largest absolute Gasteiger partial charge is 0.508 e. The number of halogens is 3. The van der Waals surface area contributed by atoms with Crippen molar-refractivity contribution < 1.29 is 23.1 Å². The molecule has 1 aliphatic rings. The van der Waals surface area contributed by atoms with E-state index in [1.54, 1.807) is 30.1 Å². The minimum absolute atomic E-state index is 0.147. The maximum atomic E-state index is 12.4. The number of likely N-dealkylation sites (tertiary alicyclic amines) is 1. The van der Waals surface area contributed by atoms with Gasteiger partial charge in [0.05, 0.1) is 12.6 Å². The van der Waals surface area contributed by atoms with E-state index in [0.29, 0.717) is 32.5 Å². The van der Waals surface area contributed by atoms with Gasteiger partial charge in [-0.25, -0.2) is 4.79 Å². The maximum absolute atomic E-state index is 12.4. The lowest BCUT2D eigenvalue weighted by Crippen LogP contribution is -2.44. The predicted molar refractivity (Wildman–Crippen MR) is 92.9 cm³/mol. The van der Waals surface area contributed by atoms with Crippen LogP contribution in [-0.4, -0.2) is 60.3 Å². The van der Waals surface area contributed by atoms with Crippen molar-refractivity contribution >= 4 is 6.03 Å². The number of rotatable bonds is 5. The number of alkyl halides is 3. The van der Waals surface area contributed by atoms with Gasteiger partial charge >= 0.3 is 12.2 Å². The number of amides is 2. The minimum Gasteiger partial charge on any atom is -0.508 e. The molecule has 0 spiro atoms. The van der Waals surface area contributed by atoms with Crippen LogP contribution in [0.2, 0.25) is 0 Å². The van der Waals surface area contributed by atoms with Gasteiger partial charge in [0.25, 0.3) is 0 Å². The van der Waals surface area contributed by atoms with E-state index in [4.69, 9.17) is 0 Å². The van der Waals surface area contributed by atoms with Gasteiger partial charge in [-0.2, -0.15) is 13.2 Å². The first-order chi connectivity index (χ1) is 12.2. The van der Waals surface area contributed by atoms with Crippen LogP contribution in [0.5, 0.6) is 5.75 Å². The van der Waals surface area contributed by atoms with Gasteiger partial charge in [-0.1, -0.05) is 12.1 Å². The van der Waals surface area contributed by atoms with E-state index >= 15 is 0 Å². The minimum atomic E-state index is -4.16. The highest BCUT2D eigenvalue weighted by Crippen LogP contribution is 2.24. The van der Waals surface area contributed by atoms with Crippen molar-refractivity contribution in [2.24, 2.45) is 5.92 Å². The van der Waals surface area contributed by atoms with Crippen LogP contribution in [0.4, 0.5) is 18.0 Å². The summed E-state index contributed by atoms with van der Waals surface area (Å²) in [6, 6.07) is 6.30. The first kappa shape index (κ1) is 20.4. The Kier molecular flexibility index (Phi) is 6.75. The molecule has 0 saturated carbocycles. The van der Waals surface area contributed by atoms with Crippen molar-refractivity contribution in [3.63, 3.8) is 0 Å². The molecule has 0 aromatic heterocycles. The van der Waals surface area contributed by atoms with Gasteiger partial charge in [-0.15, -0.1) is 0 Å². The molecule has 0 bridgehead atoms. The summed E-state index contributed by atoms with van der Waals surface area (Å²) in [7, 11) is 1.68. The molecule has 8 heteroatoms. The zero-order valence-corrected chi connectivity index (χ0v) is 15.1. The fraction of sp³-hybridized carbons (Fsp3) is 0.611. The highest BCUT2D eigenvalue weighted by molar-refractivity contribution is 5.74. The average molecular weight is 373 g/mol. The van der Waals surface area contributed by atoms with Gasteiger partial charge in [0.2, 0.25) is 0 Å². The molecule has 5 nitrogen and oxygen atoms in total. The number of carbonyl (C=O) groups excluding carboxylic acids is 1. The lowest BCUT2D eigenvalue weighted by Gasteiger charge is -2.33. The molecule has 2 amide bonds. The first-order valence-electron chi connectivity index (χ1n) is 8.74. The Hall–Kier alpha value is -1.96. The van der Waals surface area contributed by atoms with Crippen molar-refractivity contribution in [2.45, 2.75) is 32.0 Å². The molecule has 2 rings (SSSR count). The van der Waals surface area contributed by atoms with E-state index in [-0.39, 0.29) is 23.7 Å². The molecule has 2 N–H and O–H groups in total. The van der Waals surface area contributed by atoms with Gasteiger partial charge in [-0.05, 0) is 56.5 Å². The molecule has 1 saturated heterocycles. The van der Waals surface area contributed by atoms with Crippen LogP contribution >= 0.6 is 0 Å². The number of nitrogens with zero attached hydrogens (tertiary/aromatic N) is 2. The van der Waals surface area contributed by atoms with Crippen molar-refractivity contribution in [1.82, 2.24) is 15.1 Å². The fourth-order valence-corrected chi connectivity index (χ4v) is 3.14. The average Bonchev–Trinajstić information content (AvgIpc) is 2.58.